The van der Waals surface area contributed by atoms with Crippen molar-refractivity contribution < 1.29 is 13.9 Å². The van der Waals surface area contributed by atoms with E-state index in [0.717, 1.165) is 41.1 Å². The van der Waals surface area contributed by atoms with E-state index in [-0.39, 0.29) is 0 Å². The van der Waals surface area contributed by atoms with Gasteiger partial charge in [-0.3, -0.25) is 0 Å². The second-order valence-electron chi connectivity index (χ2n) is 7.82. The molecule has 0 radical (unpaired) electrons. The first kappa shape index (κ1) is 20.2. The minimum absolute atomic E-state index is 0.425. The lowest BCUT2D eigenvalue weighted by Crippen LogP contribution is -2.29. The average molecular weight is 405 g/mol. The van der Waals surface area contributed by atoms with Gasteiger partial charge < -0.3 is 19.8 Å². The van der Waals surface area contributed by atoms with Gasteiger partial charge in [-0.1, -0.05) is 24.3 Å². The lowest BCUT2D eigenvalue weighted by Gasteiger charge is -2.20. The predicted octanol–water partition coefficient (Wildman–Crippen LogP) is 4.80. The summed E-state index contributed by atoms with van der Waals surface area (Å²) in [5.74, 6) is 1.98. The number of aromatic nitrogens is 1. The van der Waals surface area contributed by atoms with Crippen molar-refractivity contribution in [2.75, 3.05) is 13.1 Å². The van der Waals surface area contributed by atoms with Crippen LogP contribution in [0.25, 0.3) is 22.6 Å². The zero-order valence-corrected chi connectivity index (χ0v) is 17.4. The molecule has 1 aliphatic heterocycles. The summed E-state index contributed by atoms with van der Waals surface area (Å²) in [6.45, 7) is 6.50. The second kappa shape index (κ2) is 8.71. The minimum atomic E-state index is -0.817. The highest BCUT2D eigenvalue weighted by atomic mass is 16.5. The molecule has 6 heteroatoms. The highest BCUT2D eigenvalue weighted by molar-refractivity contribution is 5.70. The van der Waals surface area contributed by atoms with E-state index in [4.69, 9.17) is 19.9 Å². The largest absolute Gasteiger partial charge is 0.441 e. The fraction of sp³-hybridized carbons (Fsp3) is 0.333. The van der Waals surface area contributed by atoms with Crippen LogP contribution in [0.1, 0.15) is 31.2 Å². The number of amides is 1. The van der Waals surface area contributed by atoms with Crippen LogP contribution in [-0.2, 0) is 6.42 Å². The molecule has 0 unspecified atom stereocenters. The van der Waals surface area contributed by atoms with E-state index < -0.39 is 6.09 Å². The van der Waals surface area contributed by atoms with Gasteiger partial charge >= 0.3 is 6.09 Å². The van der Waals surface area contributed by atoms with Gasteiger partial charge in [0.15, 0.2) is 0 Å². The Morgan fingerprint density at radius 3 is 2.37 bits per heavy atom. The molecular weight excluding hydrogens is 378 g/mol. The maximum Gasteiger partial charge on any atom is 0.409 e. The van der Waals surface area contributed by atoms with Gasteiger partial charge in [-0.2, -0.15) is 0 Å². The summed E-state index contributed by atoms with van der Waals surface area (Å²) in [7, 11) is 0. The van der Waals surface area contributed by atoms with Gasteiger partial charge in [0.2, 0.25) is 5.89 Å². The number of carbonyl (C=O) groups excluding carboxylic acids is 1. The number of carbonyl (C=O) groups is 1. The molecule has 0 bridgehead atoms. The molecule has 3 aromatic rings. The quantitative estimate of drug-likeness (QED) is 0.637. The van der Waals surface area contributed by atoms with E-state index in [0.29, 0.717) is 17.7 Å². The van der Waals surface area contributed by atoms with Crippen molar-refractivity contribution in [2.45, 2.75) is 39.2 Å². The van der Waals surface area contributed by atoms with Gasteiger partial charge in [-0.05, 0) is 68.6 Å². The average Bonchev–Trinajstić information content (AvgIpc) is 3.32. The van der Waals surface area contributed by atoms with E-state index in [9.17, 15) is 4.79 Å². The standard InChI is InChI=1S/C24H27N3O3/c1-16-4-3-14-27(16)15-13-22-17(2)29-23(26-22)20-7-5-18(6-8-20)19-9-11-21(12-10-19)30-24(25)28/h5-12,16H,3-4,13-15H2,1-2H3,(H2,25,28)/t16-/m1/s1. The molecule has 2 aromatic carbocycles. The Bertz CT molecular complexity index is 1010. The Morgan fingerprint density at radius 2 is 1.77 bits per heavy atom. The summed E-state index contributed by atoms with van der Waals surface area (Å²) in [5.41, 5.74) is 9.10. The predicted molar refractivity (Wildman–Crippen MR) is 116 cm³/mol. The number of ether oxygens (including phenoxy) is 1. The maximum absolute atomic E-state index is 10.8. The Balaban J connectivity index is 1.44. The highest BCUT2D eigenvalue weighted by Crippen LogP contribution is 2.27. The molecule has 1 atom stereocenters. The van der Waals surface area contributed by atoms with Crippen molar-refractivity contribution in [1.29, 1.82) is 0 Å². The van der Waals surface area contributed by atoms with Gasteiger partial charge in [0.25, 0.3) is 0 Å². The van der Waals surface area contributed by atoms with Gasteiger partial charge in [0.05, 0.1) is 5.69 Å². The molecule has 6 nitrogen and oxygen atoms in total. The first-order valence-corrected chi connectivity index (χ1v) is 10.4. The van der Waals surface area contributed by atoms with E-state index in [2.05, 4.69) is 11.8 Å². The Hall–Kier alpha value is -3.12. The molecular formula is C24H27N3O3. The number of aryl methyl sites for hydroxylation is 1. The molecule has 1 saturated heterocycles. The lowest BCUT2D eigenvalue weighted by atomic mass is 10.0. The third-order valence-corrected chi connectivity index (χ3v) is 5.76. The first-order chi connectivity index (χ1) is 14.5. The Morgan fingerprint density at radius 1 is 1.13 bits per heavy atom. The smallest absolute Gasteiger partial charge is 0.409 e. The molecule has 30 heavy (non-hydrogen) atoms. The van der Waals surface area contributed by atoms with Crippen LogP contribution < -0.4 is 10.5 Å². The molecule has 0 spiro atoms. The SMILES string of the molecule is Cc1oc(-c2ccc(-c3ccc(OC(N)=O)cc3)cc2)nc1CCN1CCC[C@H]1C. The van der Waals surface area contributed by atoms with E-state index in [1.54, 1.807) is 12.1 Å². The van der Waals surface area contributed by atoms with Crippen molar-refractivity contribution in [3.8, 4) is 28.3 Å². The molecule has 0 aliphatic carbocycles. The van der Waals surface area contributed by atoms with E-state index in [1.807, 2.05) is 43.3 Å². The monoisotopic (exact) mass is 405 g/mol. The van der Waals surface area contributed by atoms with Crippen LogP contribution in [0.5, 0.6) is 5.75 Å². The molecule has 2 heterocycles. The van der Waals surface area contributed by atoms with Gasteiger partial charge in [0.1, 0.15) is 11.5 Å². The van der Waals surface area contributed by atoms with Crippen molar-refractivity contribution in [2.24, 2.45) is 5.73 Å². The van der Waals surface area contributed by atoms with Gasteiger partial charge in [-0.15, -0.1) is 0 Å². The summed E-state index contributed by atoms with van der Waals surface area (Å²) < 4.78 is 10.8. The second-order valence-corrected chi connectivity index (χ2v) is 7.82. The van der Waals surface area contributed by atoms with Crippen LogP contribution in [0, 0.1) is 6.92 Å². The normalized spacial score (nSPS) is 16.7. The molecule has 156 valence electrons. The van der Waals surface area contributed by atoms with Crippen molar-refractivity contribution in [3.63, 3.8) is 0 Å². The number of rotatable bonds is 6. The summed E-state index contributed by atoms with van der Waals surface area (Å²) >= 11 is 0. The summed E-state index contributed by atoms with van der Waals surface area (Å²) in [6, 6.07) is 16.0. The Labute approximate surface area is 176 Å². The number of likely N-dealkylation sites (tertiary alicyclic amines) is 1. The number of nitrogens with zero attached hydrogens (tertiary/aromatic N) is 2. The fourth-order valence-electron chi connectivity index (χ4n) is 3.99. The summed E-state index contributed by atoms with van der Waals surface area (Å²) in [4.78, 5) is 18.1. The molecule has 4 rings (SSSR count). The van der Waals surface area contributed by atoms with Crippen molar-refractivity contribution in [1.82, 2.24) is 9.88 Å². The summed E-state index contributed by atoms with van der Waals surface area (Å²) in [5, 5.41) is 0. The van der Waals surface area contributed by atoms with Crippen LogP contribution in [0.2, 0.25) is 0 Å². The van der Waals surface area contributed by atoms with Crippen LogP contribution in [0.15, 0.2) is 52.9 Å². The topological polar surface area (TPSA) is 81.6 Å². The van der Waals surface area contributed by atoms with Crippen molar-refractivity contribution >= 4 is 6.09 Å². The number of nitrogens with two attached hydrogens (primary N) is 1. The Kier molecular flexibility index (Phi) is 5.86. The number of oxazole rings is 1. The molecule has 0 saturated carbocycles. The van der Waals surface area contributed by atoms with Crippen molar-refractivity contribution in [3.05, 3.63) is 60.0 Å². The minimum Gasteiger partial charge on any atom is -0.441 e. The summed E-state index contributed by atoms with van der Waals surface area (Å²) in [6.07, 6.45) is 2.67. The van der Waals surface area contributed by atoms with Crippen LogP contribution in [0.3, 0.4) is 0 Å². The molecule has 1 aromatic heterocycles. The van der Waals surface area contributed by atoms with E-state index in [1.165, 1.54) is 19.4 Å². The number of benzene rings is 2. The van der Waals surface area contributed by atoms with Crippen LogP contribution in [0.4, 0.5) is 4.79 Å². The molecule has 1 fully saturated rings. The third-order valence-electron chi connectivity index (χ3n) is 5.76. The molecule has 1 amide bonds. The molecule has 2 N–H and O–H groups in total. The number of primary amides is 1. The maximum atomic E-state index is 10.8. The first-order valence-electron chi connectivity index (χ1n) is 10.4. The molecule has 1 aliphatic rings. The number of hydrogen-bond acceptors (Lipinski definition) is 5. The zero-order chi connectivity index (χ0) is 21.1. The van der Waals surface area contributed by atoms with E-state index >= 15 is 0 Å². The van der Waals surface area contributed by atoms with Gasteiger partial charge in [-0.25, -0.2) is 9.78 Å². The highest BCUT2D eigenvalue weighted by Gasteiger charge is 2.21. The van der Waals surface area contributed by atoms with Crippen LogP contribution >= 0.6 is 0 Å². The lowest BCUT2D eigenvalue weighted by molar-refractivity contribution is 0.211. The number of hydrogen-bond donors (Lipinski definition) is 1. The third kappa shape index (κ3) is 4.54. The van der Waals surface area contributed by atoms with Crippen LogP contribution in [-0.4, -0.2) is 35.1 Å². The van der Waals surface area contributed by atoms with Gasteiger partial charge in [0, 0.05) is 24.6 Å². The fourth-order valence-corrected chi connectivity index (χ4v) is 3.99. The zero-order valence-electron chi connectivity index (χ0n) is 17.4.